The molecule has 0 saturated carbocycles. The van der Waals surface area contributed by atoms with Crippen LogP contribution in [0.5, 0.6) is 0 Å². The fourth-order valence-corrected chi connectivity index (χ4v) is 3.49. The van der Waals surface area contributed by atoms with Gasteiger partial charge in [-0.15, -0.1) is 24.0 Å². The van der Waals surface area contributed by atoms with Crippen LogP contribution in [0.1, 0.15) is 46.0 Å². The molecule has 2 atom stereocenters. The van der Waals surface area contributed by atoms with Crippen LogP contribution in [0.3, 0.4) is 0 Å². The van der Waals surface area contributed by atoms with Crippen molar-refractivity contribution in [1.29, 1.82) is 0 Å². The third-order valence-corrected chi connectivity index (χ3v) is 4.84. The number of halogens is 1. The van der Waals surface area contributed by atoms with E-state index in [9.17, 15) is 0 Å². The fraction of sp³-hybridized carbons (Fsp3) is 0.947. The zero-order valence-electron chi connectivity index (χ0n) is 16.7. The number of nitrogens with zero attached hydrogens (tertiary/aromatic N) is 2. The standard InChI is InChI=1S/C19H38N4O2.HI/c1-3-20-19(22-10-6-13-25-18-8-14-24-16-18)21-9-5-12-23-11-4-7-17(2)15-23;/h17-18H,3-16H2,1-2H3,(H2,20,21,22);1H. The highest BCUT2D eigenvalue weighted by molar-refractivity contribution is 14.0. The van der Waals surface area contributed by atoms with Crippen LogP contribution in [0.2, 0.25) is 0 Å². The van der Waals surface area contributed by atoms with Crippen molar-refractivity contribution in [3.63, 3.8) is 0 Å². The van der Waals surface area contributed by atoms with Crippen molar-refractivity contribution in [2.75, 3.05) is 59.1 Å². The van der Waals surface area contributed by atoms with Gasteiger partial charge in [-0.1, -0.05) is 6.92 Å². The Kier molecular flexibility index (Phi) is 13.7. The van der Waals surface area contributed by atoms with Gasteiger partial charge in [0.1, 0.15) is 0 Å². The molecular weight excluding hydrogens is 443 g/mol. The molecule has 6 nitrogen and oxygen atoms in total. The second-order valence-electron chi connectivity index (χ2n) is 7.30. The number of ether oxygens (including phenoxy) is 2. The van der Waals surface area contributed by atoms with Gasteiger partial charge in [-0.25, -0.2) is 0 Å². The summed E-state index contributed by atoms with van der Waals surface area (Å²) in [6.45, 7) is 13.2. The SMILES string of the molecule is CCNC(=NCCCOC1CCOC1)NCCCN1CCCC(C)C1.I. The lowest BCUT2D eigenvalue weighted by Gasteiger charge is -2.30. The smallest absolute Gasteiger partial charge is 0.191 e. The Morgan fingerprint density at radius 3 is 2.88 bits per heavy atom. The average molecular weight is 482 g/mol. The minimum Gasteiger partial charge on any atom is -0.379 e. The third-order valence-electron chi connectivity index (χ3n) is 4.84. The van der Waals surface area contributed by atoms with Crippen LogP contribution in [0.15, 0.2) is 4.99 Å². The maximum absolute atomic E-state index is 5.78. The second kappa shape index (κ2) is 14.9. The van der Waals surface area contributed by atoms with Crippen molar-refractivity contribution in [3.8, 4) is 0 Å². The van der Waals surface area contributed by atoms with Gasteiger partial charge in [0.15, 0.2) is 5.96 Å². The molecule has 2 unspecified atom stereocenters. The van der Waals surface area contributed by atoms with Crippen molar-refractivity contribution >= 4 is 29.9 Å². The number of nitrogens with one attached hydrogen (secondary N) is 2. The molecule has 2 saturated heterocycles. The van der Waals surface area contributed by atoms with E-state index in [2.05, 4.69) is 34.4 Å². The molecule has 0 aromatic carbocycles. The number of hydrogen-bond acceptors (Lipinski definition) is 4. The third kappa shape index (κ3) is 10.3. The largest absolute Gasteiger partial charge is 0.379 e. The first-order valence-corrected chi connectivity index (χ1v) is 10.2. The molecule has 2 rings (SSSR count). The summed E-state index contributed by atoms with van der Waals surface area (Å²) in [7, 11) is 0. The summed E-state index contributed by atoms with van der Waals surface area (Å²) in [6, 6.07) is 0. The Morgan fingerprint density at radius 2 is 2.15 bits per heavy atom. The number of guanidine groups is 1. The molecule has 2 heterocycles. The second-order valence-corrected chi connectivity index (χ2v) is 7.30. The molecule has 0 aliphatic carbocycles. The number of hydrogen-bond donors (Lipinski definition) is 2. The van der Waals surface area contributed by atoms with Gasteiger partial charge in [0.25, 0.3) is 0 Å². The Labute approximate surface area is 176 Å². The average Bonchev–Trinajstić information content (AvgIpc) is 3.12. The summed E-state index contributed by atoms with van der Waals surface area (Å²) < 4.78 is 11.1. The van der Waals surface area contributed by atoms with Gasteiger partial charge in [-0.2, -0.15) is 0 Å². The molecule has 0 aromatic rings. The topological polar surface area (TPSA) is 58.1 Å². The van der Waals surface area contributed by atoms with Crippen molar-refractivity contribution in [2.24, 2.45) is 10.9 Å². The molecule has 2 N–H and O–H groups in total. The first-order chi connectivity index (χ1) is 12.3. The Morgan fingerprint density at radius 1 is 1.27 bits per heavy atom. The molecule has 0 amide bonds. The van der Waals surface area contributed by atoms with Crippen molar-refractivity contribution in [2.45, 2.75) is 52.1 Å². The first-order valence-electron chi connectivity index (χ1n) is 10.2. The van der Waals surface area contributed by atoms with E-state index in [0.717, 1.165) is 64.2 Å². The molecular formula is C19H39IN4O2. The molecule has 154 valence electrons. The van der Waals surface area contributed by atoms with Crippen LogP contribution < -0.4 is 10.6 Å². The summed E-state index contributed by atoms with van der Waals surface area (Å²) in [5.74, 6) is 1.79. The summed E-state index contributed by atoms with van der Waals surface area (Å²) in [5.41, 5.74) is 0. The van der Waals surface area contributed by atoms with Crippen molar-refractivity contribution in [3.05, 3.63) is 0 Å². The van der Waals surface area contributed by atoms with E-state index in [1.54, 1.807) is 0 Å². The van der Waals surface area contributed by atoms with E-state index < -0.39 is 0 Å². The highest BCUT2D eigenvalue weighted by atomic mass is 127. The predicted molar refractivity (Wildman–Crippen MR) is 119 cm³/mol. The quantitative estimate of drug-likeness (QED) is 0.217. The monoisotopic (exact) mass is 482 g/mol. The first kappa shape index (κ1) is 23.9. The number of rotatable bonds is 10. The van der Waals surface area contributed by atoms with Gasteiger partial charge in [-0.3, -0.25) is 4.99 Å². The van der Waals surface area contributed by atoms with E-state index in [1.807, 2.05) is 0 Å². The van der Waals surface area contributed by atoms with E-state index in [4.69, 9.17) is 9.47 Å². The number of likely N-dealkylation sites (tertiary alicyclic amines) is 1. The van der Waals surface area contributed by atoms with Crippen LogP contribution in [-0.2, 0) is 9.47 Å². The van der Waals surface area contributed by atoms with E-state index in [-0.39, 0.29) is 24.0 Å². The summed E-state index contributed by atoms with van der Waals surface area (Å²) in [6.07, 6.45) is 6.20. The van der Waals surface area contributed by atoms with Crippen molar-refractivity contribution in [1.82, 2.24) is 15.5 Å². The Balaban J connectivity index is 0.00000338. The minimum atomic E-state index is 0. The fourth-order valence-electron chi connectivity index (χ4n) is 3.49. The molecule has 0 bridgehead atoms. The summed E-state index contributed by atoms with van der Waals surface area (Å²) in [5, 5.41) is 6.78. The number of aliphatic imine (C=N–C) groups is 1. The molecule has 0 spiro atoms. The molecule has 2 aliphatic rings. The van der Waals surface area contributed by atoms with Gasteiger partial charge >= 0.3 is 0 Å². The molecule has 0 aromatic heterocycles. The van der Waals surface area contributed by atoms with Crippen molar-refractivity contribution < 1.29 is 9.47 Å². The van der Waals surface area contributed by atoms with Crippen LogP contribution in [0.25, 0.3) is 0 Å². The van der Waals surface area contributed by atoms with Gasteiger partial charge in [0, 0.05) is 39.4 Å². The Hall–Kier alpha value is -0.120. The van der Waals surface area contributed by atoms with Crippen LogP contribution in [0.4, 0.5) is 0 Å². The molecule has 2 fully saturated rings. The van der Waals surface area contributed by atoms with Crippen LogP contribution >= 0.6 is 24.0 Å². The molecule has 7 heteroatoms. The number of piperidine rings is 1. The lowest BCUT2D eigenvalue weighted by molar-refractivity contribution is 0.0424. The summed E-state index contributed by atoms with van der Waals surface area (Å²) in [4.78, 5) is 7.24. The summed E-state index contributed by atoms with van der Waals surface area (Å²) >= 11 is 0. The zero-order valence-corrected chi connectivity index (χ0v) is 19.0. The Bertz CT molecular complexity index is 379. The molecule has 0 radical (unpaired) electrons. The van der Waals surface area contributed by atoms with Crippen LogP contribution in [-0.4, -0.2) is 76.1 Å². The van der Waals surface area contributed by atoms with E-state index in [1.165, 1.54) is 38.9 Å². The van der Waals surface area contributed by atoms with E-state index in [0.29, 0.717) is 6.10 Å². The normalized spacial score (nSPS) is 24.3. The van der Waals surface area contributed by atoms with Gasteiger partial charge in [-0.05, 0) is 58.0 Å². The highest BCUT2D eigenvalue weighted by Gasteiger charge is 2.16. The molecule has 2 aliphatic heterocycles. The minimum absolute atomic E-state index is 0. The highest BCUT2D eigenvalue weighted by Crippen LogP contribution is 2.15. The van der Waals surface area contributed by atoms with Gasteiger partial charge in [0.05, 0.1) is 12.7 Å². The molecule has 26 heavy (non-hydrogen) atoms. The van der Waals surface area contributed by atoms with E-state index >= 15 is 0 Å². The zero-order chi connectivity index (χ0) is 17.7. The van der Waals surface area contributed by atoms with Crippen LogP contribution in [0, 0.1) is 5.92 Å². The maximum Gasteiger partial charge on any atom is 0.191 e. The van der Waals surface area contributed by atoms with Gasteiger partial charge in [0.2, 0.25) is 0 Å². The van der Waals surface area contributed by atoms with Gasteiger partial charge < -0.3 is 25.0 Å². The lowest BCUT2D eigenvalue weighted by atomic mass is 10.0. The predicted octanol–water partition coefficient (Wildman–Crippen LogP) is 2.48. The maximum atomic E-state index is 5.78. The lowest BCUT2D eigenvalue weighted by Crippen LogP contribution is -2.40.